The minimum atomic E-state index is -1.02. The summed E-state index contributed by atoms with van der Waals surface area (Å²) in [6, 6.07) is 17.6. The number of benzene rings is 3. The van der Waals surface area contributed by atoms with Gasteiger partial charge in [-0.2, -0.15) is 0 Å². The molecule has 0 saturated carbocycles. The normalized spacial score (nSPS) is 11.3. The summed E-state index contributed by atoms with van der Waals surface area (Å²) in [5.74, 6) is -1.03. The van der Waals surface area contributed by atoms with Crippen LogP contribution in [0.3, 0.4) is 0 Å². The monoisotopic (exact) mass is 448 g/mol. The van der Waals surface area contributed by atoms with Crippen LogP contribution >= 0.6 is 22.9 Å². The van der Waals surface area contributed by atoms with Crippen LogP contribution in [0.5, 0.6) is 5.75 Å². The zero-order chi connectivity index (χ0) is 22.1. The van der Waals surface area contributed by atoms with Gasteiger partial charge in [-0.25, -0.2) is 4.79 Å². The second-order valence-electron chi connectivity index (χ2n) is 7.13. The molecule has 0 fully saturated rings. The summed E-state index contributed by atoms with van der Waals surface area (Å²) < 4.78 is 0.798. The van der Waals surface area contributed by atoms with Crippen LogP contribution in [0.25, 0.3) is 27.3 Å². The lowest BCUT2D eigenvalue weighted by molar-refractivity contribution is -0.131. The SMILES string of the molecule is Cc1cc(Cl)cc(C(=O)c2sc3cc(O)ccc3c2-c2ccc(/C=C/C(=O)O)cc2)c1. The first-order valence-corrected chi connectivity index (χ1v) is 10.6. The number of halogens is 1. The van der Waals surface area contributed by atoms with E-state index in [4.69, 9.17) is 16.7 Å². The van der Waals surface area contributed by atoms with Crippen LogP contribution in [0.4, 0.5) is 0 Å². The Morgan fingerprint density at radius 1 is 1.00 bits per heavy atom. The fourth-order valence-corrected chi connectivity index (χ4v) is 4.97. The van der Waals surface area contributed by atoms with Crippen molar-refractivity contribution >= 4 is 50.9 Å². The van der Waals surface area contributed by atoms with Gasteiger partial charge in [-0.1, -0.05) is 35.9 Å². The molecule has 0 aliphatic heterocycles. The molecule has 0 aliphatic rings. The van der Waals surface area contributed by atoms with Crippen LogP contribution in [0.2, 0.25) is 5.02 Å². The van der Waals surface area contributed by atoms with E-state index < -0.39 is 5.97 Å². The minimum Gasteiger partial charge on any atom is -0.508 e. The molecular weight excluding hydrogens is 432 g/mol. The number of aromatic hydroxyl groups is 1. The van der Waals surface area contributed by atoms with E-state index in [1.165, 1.54) is 17.4 Å². The molecule has 0 amide bonds. The number of phenols is 1. The number of aryl methyl sites for hydroxylation is 1. The summed E-state index contributed by atoms with van der Waals surface area (Å²) in [4.78, 5) is 24.8. The second kappa shape index (κ2) is 8.38. The molecule has 2 N–H and O–H groups in total. The molecule has 4 rings (SSSR count). The van der Waals surface area contributed by atoms with Crippen molar-refractivity contribution in [2.24, 2.45) is 0 Å². The highest BCUT2D eigenvalue weighted by Crippen LogP contribution is 2.41. The van der Waals surface area contributed by atoms with Crippen LogP contribution in [-0.4, -0.2) is 22.0 Å². The number of hydrogen-bond acceptors (Lipinski definition) is 4. The predicted octanol–water partition coefficient (Wildman–Crippen LogP) is 6.56. The van der Waals surface area contributed by atoms with Crippen LogP contribution < -0.4 is 0 Å². The minimum absolute atomic E-state index is 0.132. The number of hydrogen-bond donors (Lipinski definition) is 2. The van der Waals surface area contributed by atoms with E-state index in [9.17, 15) is 14.7 Å². The Balaban J connectivity index is 1.87. The van der Waals surface area contributed by atoms with Gasteiger partial charge < -0.3 is 10.2 Å². The lowest BCUT2D eigenvalue weighted by Gasteiger charge is -2.07. The summed E-state index contributed by atoms with van der Waals surface area (Å²) in [6.45, 7) is 1.88. The molecule has 0 bridgehead atoms. The summed E-state index contributed by atoms with van der Waals surface area (Å²) >= 11 is 7.50. The number of ketones is 1. The number of carboxylic acids is 1. The largest absolute Gasteiger partial charge is 0.508 e. The number of aliphatic carboxylic acids is 1. The first kappa shape index (κ1) is 20.8. The van der Waals surface area contributed by atoms with E-state index in [1.54, 1.807) is 48.5 Å². The molecule has 0 aliphatic carbocycles. The van der Waals surface area contributed by atoms with E-state index in [0.29, 0.717) is 15.5 Å². The van der Waals surface area contributed by atoms with Gasteiger partial charge in [0.25, 0.3) is 0 Å². The standard InChI is InChI=1S/C25H17ClO4S/c1-14-10-17(12-18(26)11-14)24(30)25-23(20-8-7-19(27)13-21(20)31-25)16-5-2-15(3-6-16)4-9-22(28)29/h2-13,27H,1H3,(H,28,29)/b9-4+. The number of carboxylic acid groups (broad SMARTS) is 1. The number of rotatable bonds is 5. The maximum Gasteiger partial charge on any atom is 0.328 e. The van der Waals surface area contributed by atoms with Gasteiger partial charge in [-0.05, 0) is 66.1 Å². The fraction of sp³-hybridized carbons (Fsp3) is 0.0400. The molecule has 0 unspecified atom stereocenters. The van der Waals surface area contributed by atoms with Crippen molar-refractivity contribution in [2.75, 3.05) is 0 Å². The molecule has 0 radical (unpaired) electrons. The van der Waals surface area contributed by atoms with Gasteiger partial charge in [0.2, 0.25) is 5.78 Å². The Bertz CT molecular complexity index is 1330. The lowest BCUT2D eigenvalue weighted by atomic mass is 9.97. The first-order valence-electron chi connectivity index (χ1n) is 9.40. The molecule has 31 heavy (non-hydrogen) atoms. The smallest absolute Gasteiger partial charge is 0.328 e. The molecule has 0 saturated heterocycles. The van der Waals surface area contributed by atoms with Gasteiger partial charge in [0.1, 0.15) is 5.75 Å². The van der Waals surface area contributed by atoms with Crippen LogP contribution in [0, 0.1) is 6.92 Å². The van der Waals surface area contributed by atoms with Gasteiger partial charge in [0.15, 0.2) is 0 Å². The van der Waals surface area contributed by atoms with Crippen LogP contribution in [0.1, 0.15) is 26.4 Å². The summed E-state index contributed by atoms with van der Waals surface area (Å²) in [6.07, 6.45) is 2.59. The quantitative estimate of drug-likeness (QED) is 0.267. The van der Waals surface area contributed by atoms with Crippen molar-refractivity contribution in [3.8, 4) is 16.9 Å². The second-order valence-corrected chi connectivity index (χ2v) is 8.62. The maximum atomic E-state index is 13.5. The van der Waals surface area contributed by atoms with E-state index in [0.717, 1.165) is 38.4 Å². The Morgan fingerprint density at radius 2 is 1.74 bits per heavy atom. The first-order chi connectivity index (χ1) is 14.8. The van der Waals surface area contributed by atoms with Gasteiger partial charge in [0, 0.05) is 32.3 Å². The predicted molar refractivity (Wildman–Crippen MR) is 125 cm³/mol. The number of phenolic OH excluding ortho intramolecular Hbond substituents is 1. The molecule has 1 heterocycles. The molecule has 154 valence electrons. The van der Waals surface area contributed by atoms with E-state index in [1.807, 2.05) is 19.1 Å². The Labute approximate surface area is 187 Å². The molecule has 4 aromatic rings. The summed E-state index contributed by atoms with van der Waals surface area (Å²) in [7, 11) is 0. The van der Waals surface area contributed by atoms with Gasteiger partial charge in [-0.15, -0.1) is 11.3 Å². The molecule has 0 atom stereocenters. The summed E-state index contributed by atoms with van der Waals surface area (Å²) in [5, 5.41) is 20.1. The van der Waals surface area contributed by atoms with E-state index in [2.05, 4.69) is 0 Å². The van der Waals surface area contributed by atoms with Crippen LogP contribution in [0.15, 0.2) is 66.7 Å². The van der Waals surface area contributed by atoms with Gasteiger partial charge in [0.05, 0.1) is 4.88 Å². The average molecular weight is 449 g/mol. The number of fused-ring (bicyclic) bond motifs is 1. The highest BCUT2D eigenvalue weighted by atomic mass is 35.5. The molecule has 6 heteroatoms. The molecule has 1 aromatic heterocycles. The van der Waals surface area contributed by atoms with Gasteiger partial charge in [-0.3, -0.25) is 4.79 Å². The van der Waals surface area contributed by atoms with Crippen molar-refractivity contribution in [1.29, 1.82) is 0 Å². The highest BCUT2D eigenvalue weighted by Gasteiger charge is 2.22. The zero-order valence-corrected chi connectivity index (χ0v) is 18.0. The third-order valence-corrected chi connectivity index (χ3v) is 6.17. The maximum absolute atomic E-state index is 13.5. The van der Waals surface area contributed by atoms with Crippen molar-refractivity contribution in [1.82, 2.24) is 0 Å². The lowest BCUT2D eigenvalue weighted by Crippen LogP contribution is -2.01. The Kier molecular flexibility index (Phi) is 5.63. The number of thiophene rings is 1. The average Bonchev–Trinajstić information content (AvgIpc) is 3.09. The topological polar surface area (TPSA) is 74.6 Å². The van der Waals surface area contributed by atoms with Crippen LogP contribution in [-0.2, 0) is 4.79 Å². The summed E-state index contributed by atoms with van der Waals surface area (Å²) in [5.41, 5.74) is 3.73. The number of carbonyl (C=O) groups is 2. The van der Waals surface area contributed by atoms with Crippen molar-refractivity contribution < 1.29 is 19.8 Å². The van der Waals surface area contributed by atoms with Crippen molar-refractivity contribution in [3.05, 3.63) is 93.3 Å². The third kappa shape index (κ3) is 4.38. The third-order valence-electron chi connectivity index (χ3n) is 4.80. The molecule has 4 nitrogen and oxygen atoms in total. The van der Waals surface area contributed by atoms with E-state index in [-0.39, 0.29) is 11.5 Å². The zero-order valence-electron chi connectivity index (χ0n) is 16.4. The Hall–Kier alpha value is -3.41. The van der Waals surface area contributed by atoms with Crippen molar-refractivity contribution in [3.63, 3.8) is 0 Å². The molecule has 0 spiro atoms. The van der Waals surface area contributed by atoms with E-state index >= 15 is 0 Å². The Morgan fingerprint density at radius 3 is 2.42 bits per heavy atom. The highest BCUT2D eigenvalue weighted by molar-refractivity contribution is 7.21. The molecule has 3 aromatic carbocycles. The number of carbonyl (C=O) groups excluding carboxylic acids is 1. The van der Waals surface area contributed by atoms with Gasteiger partial charge >= 0.3 is 5.97 Å². The van der Waals surface area contributed by atoms with Crippen molar-refractivity contribution in [2.45, 2.75) is 6.92 Å². The fourth-order valence-electron chi connectivity index (χ4n) is 3.46. The molecular formula is C25H17ClO4S.